The molecule has 0 unspecified atom stereocenters. The van der Waals surface area contributed by atoms with Gasteiger partial charge in [0, 0.05) is 0 Å². The second-order valence-corrected chi connectivity index (χ2v) is 5.54. The number of halogens is 1. The average Bonchev–Trinajstić information content (AvgIpc) is 2.63. The van der Waals surface area contributed by atoms with Crippen LogP contribution >= 0.6 is 0 Å². The van der Waals surface area contributed by atoms with Crippen molar-refractivity contribution < 1.29 is 9.18 Å². The van der Waals surface area contributed by atoms with Crippen LogP contribution in [0.25, 0.3) is 6.08 Å². The van der Waals surface area contributed by atoms with Gasteiger partial charge < -0.3 is 0 Å². The summed E-state index contributed by atoms with van der Waals surface area (Å²) in [6.45, 7) is 0. The Kier molecular flexibility index (Phi) is 4.97. The minimum absolute atomic E-state index is 0.00303. The molecule has 3 rings (SSSR count). The number of rotatable bonds is 5. The van der Waals surface area contributed by atoms with E-state index >= 15 is 0 Å². The Morgan fingerprint density at radius 2 is 1.25 bits per heavy atom. The molecule has 0 fully saturated rings. The standard InChI is InChI=1S/C22H17FO/c23-20-14-11-17(12-15-20)13-16-21(24)22(18-7-3-1-4-8-18)19-9-5-2-6-10-19/h1-16,22H/b16-13+. The third-order valence-corrected chi connectivity index (χ3v) is 3.86. The molecule has 0 bridgehead atoms. The number of carbonyl (C=O) groups is 1. The summed E-state index contributed by atoms with van der Waals surface area (Å²) in [6.07, 6.45) is 3.29. The second kappa shape index (κ2) is 7.51. The van der Waals surface area contributed by atoms with Crippen LogP contribution in [0.1, 0.15) is 22.6 Å². The Bertz CT molecular complexity index is 781. The van der Waals surface area contributed by atoms with E-state index in [1.807, 2.05) is 60.7 Å². The lowest BCUT2D eigenvalue weighted by Gasteiger charge is -2.15. The summed E-state index contributed by atoms with van der Waals surface area (Å²) < 4.78 is 13.0. The van der Waals surface area contributed by atoms with Crippen LogP contribution in [0.4, 0.5) is 4.39 Å². The zero-order chi connectivity index (χ0) is 16.8. The minimum Gasteiger partial charge on any atom is -0.294 e. The monoisotopic (exact) mass is 316 g/mol. The molecule has 0 saturated carbocycles. The molecule has 3 aromatic carbocycles. The van der Waals surface area contributed by atoms with E-state index in [1.54, 1.807) is 24.3 Å². The zero-order valence-corrected chi connectivity index (χ0v) is 13.1. The van der Waals surface area contributed by atoms with Crippen molar-refractivity contribution in [3.8, 4) is 0 Å². The molecule has 0 heterocycles. The van der Waals surface area contributed by atoms with Crippen molar-refractivity contribution in [3.63, 3.8) is 0 Å². The molecule has 0 saturated heterocycles. The van der Waals surface area contributed by atoms with Crippen LogP contribution in [0.3, 0.4) is 0 Å². The van der Waals surface area contributed by atoms with Crippen molar-refractivity contribution in [1.29, 1.82) is 0 Å². The molecule has 0 N–H and O–H groups in total. The van der Waals surface area contributed by atoms with Gasteiger partial charge in [-0.05, 0) is 34.9 Å². The average molecular weight is 316 g/mol. The van der Waals surface area contributed by atoms with Crippen LogP contribution in [-0.4, -0.2) is 5.78 Å². The molecule has 1 nitrogen and oxygen atoms in total. The van der Waals surface area contributed by atoms with Gasteiger partial charge in [0.15, 0.2) is 5.78 Å². The highest BCUT2D eigenvalue weighted by Gasteiger charge is 2.20. The highest BCUT2D eigenvalue weighted by atomic mass is 19.1. The lowest BCUT2D eigenvalue weighted by molar-refractivity contribution is -0.115. The quantitative estimate of drug-likeness (QED) is 0.588. The lowest BCUT2D eigenvalue weighted by Crippen LogP contribution is -2.11. The first-order valence-corrected chi connectivity index (χ1v) is 7.81. The van der Waals surface area contributed by atoms with Crippen molar-refractivity contribution in [2.45, 2.75) is 5.92 Å². The summed E-state index contributed by atoms with van der Waals surface area (Å²) in [5, 5.41) is 0. The predicted molar refractivity (Wildman–Crippen MR) is 95.2 cm³/mol. The van der Waals surface area contributed by atoms with Crippen molar-refractivity contribution in [2.24, 2.45) is 0 Å². The van der Waals surface area contributed by atoms with Gasteiger partial charge in [0.05, 0.1) is 5.92 Å². The maximum atomic E-state index is 13.0. The third-order valence-electron chi connectivity index (χ3n) is 3.86. The van der Waals surface area contributed by atoms with Crippen molar-refractivity contribution in [2.75, 3.05) is 0 Å². The van der Waals surface area contributed by atoms with E-state index in [0.717, 1.165) is 16.7 Å². The first-order valence-electron chi connectivity index (χ1n) is 7.81. The summed E-state index contributed by atoms with van der Waals surface area (Å²) in [4.78, 5) is 12.8. The van der Waals surface area contributed by atoms with Crippen LogP contribution in [-0.2, 0) is 4.79 Å². The molecule has 0 aliphatic heterocycles. The van der Waals surface area contributed by atoms with Crippen molar-refractivity contribution in [3.05, 3.63) is 114 Å². The molecule has 118 valence electrons. The first-order chi connectivity index (χ1) is 11.7. The molecular formula is C22H17FO. The van der Waals surface area contributed by atoms with Crippen LogP contribution in [0, 0.1) is 5.82 Å². The van der Waals surface area contributed by atoms with Gasteiger partial charge in [-0.2, -0.15) is 0 Å². The Balaban J connectivity index is 1.91. The van der Waals surface area contributed by atoms with E-state index in [-0.39, 0.29) is 17.5 Å². The van der Waals surface area contributed by atoms with Crippen LogP contribution < -0.4 is 0 Å². The SMILES string of the molecule is O=C(/C=C/c1ccc(F)cc1)C(c1ccccc1)c1ccccc1. The molecule has 0 aliphatic rings. The van der Waals surface area contributed by atoms with Gasteiger partial charge in [0.25, 0.3) is 0 Å². The molecule has 0 aromatic heterocycles. The fourth-order valence-electron chi connectivity index (χ4n) is 2.66. The zero-order valence-electron chi connectivity index (χ0n) is 13.1. The van der Waals surface area contributed by atoms with Crippen molar-refractivity contribution in [1.82, 2.24) is 0 Å². The normalized spacial score (nSPS) is 11.1. The maximum Gasteiger partial charge on any atom is 0.167 e. The number of benzene rings is 3. The van der Waals surface area contributed by atoms with E-state index in [2.05, 4.69) is 0 Å². The largest absolute Gasteiger partial charge is 0.294 e. The van der Waals surface area contributed by atoms with E-state index < -0.39 is 0 Å². The number of hydrogen-bond acceptors (Lipinski definition) is 1. The van der Waals surface area contributed by atoms with Gasteiger partial charge in [-0.25, -0.2) is 4.39 Å². The van der Waals surface area contributed by atoms with Gasteiger partial charge in [0.1, 0.15) is 5.82 Å². The fourth-order valence-corrected chi connectivity index (χ4v) is 2.66. The van der Waals surface area contributed by atoms with Crippen molar-refractivity contribution >= 4 is 11.9 Å². The third kappa shape index (κ3) is 3.85. The first kappa shape index (κ1) is 15.9. The molecule has 0 spiro atoms. The summed E-state index contributed by atoms with van der Waals surface area (Å²) in [5.74, 6) is -0.634. The summed E-state index contributed by atoms with van der Waals surface area (Å²) in [6, 6.07) is 25.5. The second-order valence-electron chi connectivity index (χ2n) is 5.54. The van der Waals surface area contributed by atoms with E-state index in [0.29, 0.717) is 0 Å². The molecule has 3 aromatic rings. The highest BCUT2D eigenvalue weighted by molar-refractivity contribution is 6.00. The molecule has 24 heavy (non-hydrogen) atoms. The fraction of sp³-hybridized carbons (Fsp3) is 0.0455. The highest BCUT2D eigenvalue weighted by Crippen LogP contribution is 2.26. The smallest absolute Gasteiger partial charge is 0.167 e. The Labute approximate surface area is 141 Å². The van der Waals surface area contributed by atoms with Crippen LogP contribution in [0.15, 0.2) is 91.0 Å². The summed E-state index contributed by atoms with van der Waals surface area (Å²) in [5.41, 5.74) is 2.71. The predicted octanol–water partition coefficient (Wildman–Crippen LogP) is 5.24. The number of ketones is 1. The molecular weight excluding hydrogens is 299 g/mol. The van der Waals surface area contributed by atoms with E-state index in [1.165, 1.54) is 12.1 Å². The Morgan fingerprint density at radius 1 is 0.750 bits per heavy atom. The molecule has 0 amide bonds. The number of hydrogen-bond donors (Lipinski definition) is 0. The number of allylic oxidation sites excluding steroid dienone is 1. The van der Waals surface area contributed by atoms with Crippen LogP contribution in [0.2, 0.25) is 0 Å². The van der Waals surface area contributed by atoms with Gasteiger partial charge in [-0.15, -0.1) is 0 Å². The lowest BCUT2D eigenvalue weighted by atomic mass is 9.87. The topological polar surface area (TPSA) is 17.1 Å². The van der Waals surface area contributed by atoms with E-state index in [4.69, 9.17) is 0 Å². The summed E-state index contributed by atoms with van der Waals surface area (Å²) >= 11 is 0. The Hall–Kier alpha value is -3.00. The summed E-state index contributed by atoms with van der Waals surface area (Å²) in [7, 11) is 0. The van der Waals surface area contributed by atoms with E-state index in [9.17, 15) is 9.18 Å². The Morgan fingerprint density at radius 3 is 1.75 bits per heavy atom. The molecule has 2 heteroatoms. The van der Waals surface area contributed by atoms with Crippen LogP contribution in [0.5, 0.6) is 0 Å². The van der Waals surface area contributed by atoms with Gasteiger partial charge in [0.2, 0.25) is 0 Å². The molecule has 0 aliphatic carbocycles. The van der Waals surface area contributed by atoms with Gasteiger partial charge in [-0.1, -0.05) is 78.9 Å². The van der Waals surface area contributed by atoms with Gasteiger partial charge in [-0.3, -0.25) is 4.79 Å². The molecule has 0 radical (unpaired) electrons. The number of carbonyl (C=O) groups excluding carboxylic acids is 1. The molecule has 0 atom stereocenters. The van der Waals surface area contributed by atoms with Gasteiger partial charge >= 0.3 is 0 Å². The minimum atomic E-state index is -0.343. The maximum absolute atomic E-state index is 13.0.